The van der Waals surface area contributed by atoms with E-state index in [0.717, 1.165) is 6.42 Å². The van der Waals surface area contributed by atoms with Crippen molar-refractivity contribution in [3.05, 3.63) is 23.8 Å². The molecule has 64 valence electrons. The molecule has 0 spiro atoms. The van der Waals surface area contributed by atoms with E-state index in [1.807, 2.05) is 6.92 Å². The van der Waals surface area contributed by atoms with Gasteiger partial charge in [0.25, 0.3) is 0 Å². The van der Waals surface area contributed by atoms with Gasteiger partial charge in [0, 0.05) is 6.54 Å². The van der Waals surface area contributed by atoms with Gasteiger partial charge in [0.2, 0.25) is 0 Å². The molecule has 11 heavy (non-hydrogen) atoms. The molecule has 0 bridgehead atoms. The third-order valence-electron chi connectivity index (χ3n) is 1.89. The van der Waals surface area contributed by atoms with Gasteiger partial charge in [-0.25, -0.2) is 0 Å². The summed E-state index contributed by atoms with van der Waals surface area (Å²) in [4.78, 5) is 0. The van der Waals surface area contributed by atoms with Crippen LogP contribution < -0.4 is 5.73 Å². The van der Waals surface area contributed by atoms with E-state index in [1.54, 1.807) is 0 Å². The molecule has 0 aromatic heterocycles. The fraction of sp³-hybridized carbons (Fsp3) is 0.600. The Morgan fingerprint density at radius 2 is 2.18 bits per heavy atom. The summed E-state index contributed by atoms with van der Waals surface area (Å²) >= 11 is 0. The topological polar surface area (TPSA) is 26.0 Å². The first-order chi connectivity index (χ1) is 5.11. The highest BCUT2D eigenvalue weighted by molar-refractivity contribution is 5.09. The van der Waals surface area contributed by atoms with E-state index >= 15 is 0 Å². The Morgan fingerprint density at radius 1 is 1.64 bits per heavy atom. The van der Waals surface area contributed by atoms with Gasteiger partial charge in [-0.2, -0.15) is 0 Å². The van der Waals surface area contributed by atoms with Crippen LogP contribution in [0.1, 0.15) is 27.2 Å². The normalized spacial score (nSPS) is 14.7. The molecule has 0 aliphatic heterocycles. The van der Waals surface area contributed by atoms with Crippen molar-refractivity contribution in [2.24, 2.45) is 11.7 Å². The van der Waals surface area contributed by atoms with E-state index in [0.29, 0.717) is 12.5 Å². The van der Waals surface area contributed by atoms with Crippen LogP contribution in [0.2, 0.25) is 0 Å². The van der Waals surface area contributed by atoms with Crippen LogP contribution in [0.4, 0.5) is 0 Å². The van der Waals surface area contributed by atoms with Crippen LogP contribution in [0, 0.1) is 5.92 Å². The lowest BCUT2D eigenvalue weighted by atomic mass is 9.94. The monoisotopic (exact) mass is 153 g/mol. The van der Waals surface area contributed by atoms with Crippen LogP contribution >= 0.6 is 0 Å². The van der Waals surface area contributed by atoms with Crippen LogP contribution in [0.5, 0.6) is 0 Å². The molecule has 0 aromatic rings. The number of nitrogens with two attached hydrogens (primary N) is 1. The van der Waals surface area contributed by atoms with Crippen molar-refractivity contribution < 1.29 is 0 Å². The van der Waals surface area contributed by atoms with Gasteiger partial charge in [-0.3, -0.25) is 0 Å². The Hall–Kier alpha value is -0.560. The van der Waals surface area contributed by atoms with Crippen LogP contribution in [-0.4, -0.2) is 6.54 Å². The minimum atomic E-state index is 0.558. The van der Waals surface area contributed by atoms with Crippen molar-refractivity contribution in [2.75, 3.05) is 6.54 Å². The van der Waals surface area contributed by atoms with Gasteiger partial charge in [-0.1, -0.05) is 24.1 Å². The highest BCUT2D eigenvalue weighted by atomic mass is 14.5. The summed E-state index contributed by atoms with van der Waals surface area (Å²) in [7, 11) is 0. The molecule has 1 nitrogen and oxygen atoms in total. The molecule has 0 unspecified atom stereocenters. The lowest BCUT2D eigenvalue weighted by molar-refractivity contribution is 0.658. The molecule has 0 rings (SSSR count). The van der Waals surface area contributed by atoms with Gasteiger partial charge in [0.1, 0.15) is 0 Å². The summed E-state index contributed by atoms with van der Waals surface area (Å²) in [6.45, 7) is 10.8. The van der Waals surface area contributed by atoms with Crippen LogP contribution in [-0.2, 0) is 0 Å². The van der Waals surface area contributed by atoms with E-state index in [4.69, 9.17) is 5.73 Å². The molecule has 0 aliphatic carbocycles. The molecule has 0 saturated heterocycles. The highest BCUT2D eigenvalue weighted by Gasteiger charge is 2.05. The van der Waals surface area contributed by atoms with Crippen molar-refractivity contribution in [3.63, 3.8) is 0 Å². The van der Waals surface area contributed by atoms with Crippen molar-refractivity contribution in [1.29, 1.82) is 0 Å². The molecule has 1 atom stereocenters. The number of allylic oxidation sites excluding steroid dienone is 2. The second kappa shape index (κ2) is 5.14. The van der Waals surface area contributed by atoms with Gasteiger partial charge < -0.3 is 5.73 Å². The van der Waals surface area contributed by atoms with E-state index in [2.05, 4.69) is 26.5 Å². The fourth-order valence-corrected chi connectivity index (χ4v) is 1.26. The lowest BCUT2D eigenvalue weighted by Crippen LogP contribution is -2.10. The molecular formula is C10H19N. The smallest absolute Gasteiger partial charge is 0.0139 e. The van der Waals surface area contributed by atoms with Crippen molar-refractivity contribution in [2.45, 2.75) is 27.2 Å². The van der Waals surface area contributed by atoms with Crippen molar-refractivity contribution in [3.8, 4) is 0 Å². The van der Waals surface area contributed by atoms with Gasteiger partial charge in [0.15, 0.2) is 0 Å². The third kappa shape index (κ3) is 3.99. The maximum atomic E-state index is 5.56. The fourth-order valence-electron chi connectivity index (χ4n) is 1.26. The Balaban J connectivity index is 4.00. The van der Waals surface area contributed by atoms with E-state index in [9.17, 15) is 0 Å². The molecule has 1 heteroatoms. The molecule has 0 aromatic carbocycles. The Labute approximate surface area is 70.0 Å². The SMILES string of the molecule is C=C(C)C[C@H](C)/C(=C\C)CN. The Bertz CT molecular complexity index is 156. The summed E-state index contributed by atoms with van der Waals surface area (Å²) in [5.74, 6) is 0.558. The second-order valence-electron chi connectivity index (χ2n) is 3.13. The van der Waals surface area contributed by atoms with Crippen molar-refractivity contribution >= 4 is 0 Å². The maximum Gasteiger partial charge on any atom is 0.0139 e. The summed E-state index contributed by atoms with van der Waals surface area (Å²) in [6.07, 6.45) is 3.16. The maximum absolute atomic E-state index is 5.56. The molecule has 0 heterocycles. The molecular weight excluding hydrogens is 134 g/mol. The standard InChI is InChI=1S/C10H19N/c1-5-10(7-11)9(4)6-8(2)3/h5,9H,2,6-7,11H2,1,3-4H3/b10-5-/t9-/m0/s1. The zero-order chi connectivity index (χ0) is 8.85. The predicted octanol–water partition coefficient (Wildman–Crippen LogP) is 2.49. The van der Waals surface area contributed by atoms with Crippen LogP contribution in [0.25, 0.3) is 0 Å². The zero-order valence-electron chi connectivity index (χ0n) is 7.85. The number of hydrogen-bond donors (Lipinski definition) is 1. The summed E-state index contributed by atoms with van der Waals surface area (Å²) < 4.78 is 0. The van der Waals surface area contributed by atoms with E-state index < -0.39 is 0 Å². The first-order valence-corrected chi connectivity index (χ1v) is 4.11. The Morgan fingerprint density at radius 3 is 2.45 bits per heavy atom. The van der Waals surface area contributed by atoms with Crippen LogP contribution in [0.3, 0.4) is 0 Å². The first-order valence-electron chi connectivity index (χ1n) is 4.11. The molecule has 0 radical (unpaired) electrons. The summed E-state index contributed by atoms with van der Waals surface area (Å²) in [5.41, 5.74) is 8.12. The summed E-state index contributed by atoms with van der Waals surface area (Å²) in [5, 5.41) is 0. The number of rotatable bonds is 4. The number of hydrogen-bond acceptors (Lipinski definition) is 1. The molecule has 0 saturated carbocycles. The van der Waals surface area contributed by atoms with E-state index in [-0.39, 0.29) is 0 Å². The predicted molar refractivity (Wildman–Crippen MR) is 51.4 cm³/mol. The second-order valence-corrected chi connectivity index (χ2v) is 3.13. The third-order valence-corrected chi connectivity index (χ3v) is 1.89. The van der Waals surface area contributed by atoms with Gasteiger partial charge in [-0.15, -0.1) is 6.58 Å². The summed E-state index contributed by atoms with van der Waals surface area (Å²) in [6, 6.07) is 0. The largest absolute Gasteiger partial charge is 0.327 e. The van der Waals surface area contributed by atoms with Gasteiger partial charge >= 0.3 is 0 Å². The zero-order valence-corrected chi connectivity index (χ0v) is 7.85. The quantitative estimate of drug-likeness (QED) is 0.617. The minimum absolute atomic E-state index is 0.558. The minimum Gasteiger partial charge on any atom is -0.327 e. The average molecular weight is 153 g/mol. The van der Waals surface area contributed by atoms with Crippen molar-refractivity contribution in [1.82, 2.24) is 0 Å². The average Bonchev–Trinajstić information content (AvgIpc) is 1.88. The molecule has 2 N–H and O–H groups in total. The molecule has 0 amide bonds. The molecule has 0 fully saturated rings. The van der Waals surface area contributed by atoms with E-state index in [1.165, 1.54) is 11.1 Å². The highest BCUT2D eigenvalue weighted by Crippen LogP contribution is 2.16. The molecule has 0 aliphatic rings. The van der Waals surface area contributed by atoms with Crippen LogP contribution in [0.15, 0.2) is 23.8 Å². The lowest BCUT2D eigenvalue weighted by Gasteiger charge is -2.13. The van der Waals surface area contributed by atoms with Gasteiger partial charge in [-0.05, 0) is 26.2 Å². The first kappa shape index (κ1) is 10.4. The Kier molecular flexibility index (Phi) is 4.88. The van der Waals surface area contributed by atoms with Gasteiger partial charge in [0.05, 0.1) is 0 Å².